The molecule has 0 radical (unpaired) electrons. The molecule has 0 bridgehead atoms. The molecule has 1 N–H and O–H groups in total. The quantitative estimate of drug-likeness (QED) is 0.724. The minimum Gasteiger partial charge on any atom is -0.342 e. The molecule has 2 aliphatic carbocycles. The maximum Gasteiger partial charge on any atom is 0.114 e. The first kappa shape index (κ1) is 11.7. The van der Waals surface area contributed by atoms with E-state index in [-0.39, 0.29) is 0 Å². The summed E-state index contributed by atoms with van der Waals surface area (Å²) in [6.45, 7) is 0. The fourth-order valence-electron chi connectivity index (χ4n) is 3.84. The maximum absolute atomic E-state index is 3.78. The lowest BCUT2D eigenvalue weighted by atomic mass is 9.99. The van der Waals surface area contributed by atoms with Crippen LogP contribution in [0.3, 0.4) is 0 Å². The third-order valence-corrected chi connectivity index (χ3v) is 8.68. The molecule has 2 saturated carbocycles. The Labute approximate surface area is 96.7 Å². The normalized spacial score (nSPS) is 26.0. The Morgan fingerprint density at radius 1 is 0.733 bits per heavy atom. The summed E-state index contributed by atoms with van der Waals surface area (Å²) in [7, 11) is 1.62. The molecule has 2 fully saturated rings. The summed E-state index contributed by atoms with van der Waals surface area (Å²) >= 11 is 0. The van der Waals surface area contributed by atoms with E-state index < -0.39 is 8.96 Å². The molecule has 0 aromatic heterocycles. The van der Waals surface area contributed by atoms with Gasteiger partial charge in [-0.1, -0.05) is 64.2 Å². The average molecular weight is 225 g/mol. The van der Waals surface area contributed by atoms with Gasteiger partial charge in [0.25, 0.3) is 0 Å². The van der Waals surface area contributed by atoms with E-state index in [2.05, 4.69) is 12.0 Å². The summed E-state index contributed by atoms with van der Waals surface area (Å²) in [5, 5.41) is 0. The summed E-state index contributed by atoms with van der Waals surface area (Å²) < 4.78 is 0. The van der Waals surface area contributed by atoms with Crippen molar-refractivity contribution in [3.63, 3.8) is 0 Å². The molecule has 0 aliphatic heterocycles. The van der Waals surface area contributed by atoms with Gasteiger partial charge in [-0.05, 0) is 18.1 Å². The van der Waals surface area contributed by atoms with Crippen LogP contribution in [0.25, 0.3) is 0 Å². The zero-order chi connectivity index (χ0) is 10.5. The molecular formula is C13H27NSi. The van der Waals surface area contributed by atoms with Gasteiger partial charge < -0.3 is 4.98 Å². The second-order valence-electron chi connectivity index (χ2n) is 5.61. The highest BCUT2D eigenvalue weighted by atomic mass is 28.3. The van der Waals surface area contributed by atoms with Crippen LogP contribution in [0.1, 0.15) is 64.2 Å². The Morgan fingerprint density at radius 3 is 1.47 bits per heavy atom. The van der Waals surface area contributed by atoms with Crippen molar-refractivity contribution in [3.05, 3.63) is 0 Å². The number of hydrogen-bond donors (Lipinski definition) is 1. The summed E-state index contributed by atoms with van der Waals surface area (Å²) in [5.41, 5.74) is 2.26. The van der Waals surface area contributed by atoms with Gasteiger partial charge in [0.1, 0.15) is 8.96 Å². The van der Waals surface area contributed by atoms with Gasteiger partial charge in [0.15, 0.2) is 0 Å². The van der Waals surface area contributed by atoms with E-state index in [0.717, 1.165) is 11.1 Å². The molecular weight excluding hydrogens is 198 g/mol. The molecule has 88 valence electrons. The molecule has 0 unspecified atom stereocenters. The van der Waals surface area contributed by atoms with Crippen LogP contribution in [0.5, 0.6) is 0 Å². The van der Waals surface area contributed by atoms with Crippen molar-refractivity contribution >= 4 is 8.96 Å². The van der Waals surface area contributed by atoms with Gasteiger partial charge >= 0.3 is 0 Å². The predicted octanol–water partition coefficient (Wildman–Crippen LogP) is 3.60. The van der Waals surface area contributed by atoms with Gasteiger partial charge in [-0.3, -0.25) is 0 Å². The molecule has 2 heteroatoms. The lowest BCUT2D eigenvalue weighted by molar-refractivity contribution is 0.456. The highest BCUT2D eigenvalue weighted by Gasteiger charge is 2.31. The summed E-state index contributed by atoms with van der Waals surface area (Å²) in [5.74, 6) is 0. The Hall–Kier alpha value is 0.177. The molecule has 0 saturated heterocycles. The van der Waals surface area contributed by atoms with Crippen molar-refractivity contribution in [2.24, 2.45) is 0 Å². The number of nitrogens with one attached hydrogen (secondary N) is 1. The zero-order valence-electron chi connectivity index (χ0n) is 10.3. The molecule has 1 nitrogen and oxygen atoms in total. The van der Waals surface area contributed by atoms with E-state index >= 15 is 0 Å². The van der Waals surface area contributed by atoms with Crippen LogP contribution in [0, 0.1) is 0 Å². The lowest BCUT2D eigenvalue weighted by Crippen LogP contribution is -2.41. The van der Waals surface area contributed by atoms with Crippen molar-refractivity contribution in [2.75, 3.05) is 7.05 Å². The molecule has 0 amide bonds. The Kier molecular flexibility index (Phi) is 4.70. The van der Waals surface area contributed by atoms with E-state index in [4.69, 9.17) is 0 Å². The fourth-order valence-corrected chi connectivity index (χ4v) is 7.93. The van der Waals surface area contributed by atoms with Crippen molar-refractivity contribution in [3.8, 4) is 0 Å². The monoisotopic (exact) mass is 225 g/mol. The van der Waals surface area contributed by atoms with E-state index in [1.165, 1.54) is 38.5 Å². The minimum absolute atomic E-state index is 0.626. The summed E-state index contributed by atoms with van der Waals surface area (Å²) in [6, 6.07) is 0. The van der Waals surface area contributed by atoms with Gasteiger partial charge in [-0.25, -0.2) is 0 Å². The van der Waals surface area contributed by atoms with Crippen molar-refractivity contribution in [2.45, 2.75) is 75.3 Å². The highest BCUT2D eigenvalue weighted by molar-refractivity contribution is 6.59. The Bertz CT molecular complexity index is 153. The first-order valence-electron chi connectivity index (χ1n) is 7.09. The second kappa shape index (κ2) is 6.05. The lowest BCUT2D eigenvalue weighted by Gasteiger charge is -2.36. The molecule has 0 atom stereocenters. The van der Waals surface area contributed by atoms with E-state index in [0.29, 0.717) is 0 Å². The first-order valence-corrected chi connectivity index (χ1v) is 9.00. The zero-order valence-corrected chi connectivity index (χ0v) is 11.5. The second-order valence-corrected chi connectivity index (χ2v) is 9.13. The van der Waals surface area contributed by atoms with Crippen LogP contribution >= 0.6 is 0 Å². The number of hydrogen-bond acceptors (Lipinski definition) is 1. The largest absolute Gasteiger partial charge is 0.342 e. The standard InChI is InChI=1S/C13H27NSi/c1-14-15(12-8-4-2-5-9-12)13-10-6-3-7-11-13/h12-15H,2-11H2,1H3. The summed E-state index contributed by atoms with van der Waals surface area (Å²) in [6.07, 6.45) is 15.3. The van der Waals surface area contributed by atoms with Crippen LogP contribution in [0.2, 0.25) is 11.1 Å². The molecule has 0 heterocycles. The van der Waals surface area contributed by atoms with E-state index in [1.807, 2.05) is 0 Å². The topological polar surface area (TPSA) is 12.0 Å². The van der Waals surface area contributed by atoms with Gasteiger partial charge in [0.2, 0.25) is 0 Å². The highest BCUT2D eigenvalue weighted by Crippen LogP contribution is 2.39. The first-order chi connectivity index (χ1) is 7.42. The third-order valence-electron chi connectivity index (χ3n) is 4.65. The molecule has 2 rings (SSSR count). The fraction of sp³-hybridized carbons (Fsp3) is 1.00. The molecule has 0 spiro atoms. The Morgan fingerprint density at radius 2 is 1.13 bits per heavy atom. The average Bonchev–Trinajstić information content (AvgIpc) is 2.33. The van der Waals surface area contributed by atoms with E-state index in [1.54, 1.807) is 25.7 Å². The molecule has 2 aliphatic rings. The third kappa shape index (κ3) is 3.07. The minimum atomic E-state index is -0.626. The molecule has 0 aromatic rings. The predicted molar refractivity (Wildman–Crippen MR) is 69.9 cm³/mol. The van der Waals surface area contributed by atoms with Crippen LogP contribution in [-0.2, 0) is 0 Å². The van der Waals surface area contributed by atoms with Gasteiger partial charge in [0.05, 0.1) is 0 Å². The summed E-state index contributed by atoms with van der Waals surface area (Å²) in [4.78, 5) is 3.78. The molecule has 15 heavy (non-hydrogen) atoms. The van der Waals surface area contributed by atoms with Gasteiger partial charge in [0, 0.05) is 0 Å². The smallest absolute Gasteiger partial charge is 0.114 e. The maximum atomic E-state index is 3.78. The molecule has 0 aromatic carbocycles. The van der Waals surface area contributed by atoms with Gasteiger partial charge in [-0.2, -0.15) is 0 Å². The van der Waals surface area contributed by atoms with Crippen molar-refractivity contribution in [1.82, 2.24) is 4.98 Å². The van der Waals surface area contributed by atoms with E-state index in [9.17, 15) is 0 Å². The van der Waals surface area contributed by atoms with Crippen LogP contribution < -0.4 is 4.98 Å². The Balaban J connectivity index is 1.88. The van der Waals surface area contributed by atoms with Crippen LogP contribution in [-0.4, -0.2) is 16.0 Å². The van der Waals surface area contributed by atoms with Crippen LogP contribution in [0.4, 0.5) is 0 Å². The SMILES string of the molecule is CN[SiH](C1CCCCC1)C1CCCCC1. The van der Waals surface area contributed by atoms with Crippen LogP contribution in [0.15, 0.2) is 0 Å². The van der Waals surface area contributed by atoms with Crippen molar-refractivity contribution < 1.29 is 0 Å². The van der Waals surface area contributed by atoms with Crippen molar-refractivity contribution in [1.29, 1.82) is 0 Å². The van der Waals surface area contributed by atoms with Gasteiger partial charge in [-0.15, -0.1) is 0 Å². The number of rotatable bonds is 3.